The SMILES string of the molecule is CN(C)Cc1ccc(=O)n(C)c1. The van der Waals surface area contributed by atoms with Gasteiger partial charge in [-0.1, -0.05) is 6.07 Å². The van der Waals surface area contributed by atoms with Crippen LogP contribution in [-0.4, -0.2) is 23.6 Å². The highest BCUT2D eigenvalue weighted by molar-refractivity contribution is 5.09. The molecule has 0 atom stereocenters. The summed E-state index contributed by atoms with van der Waals surface area (Å²) in [5.74, 6) is 0. The Hall–Kier alpha value is -1.09. The van der Waals surface area contributed by atoms with Gasteiger partial charge in [-0.05, 0) is 19.7 Å². The molecule has 1 rings (SSSR count). The van der Waals surface area contributed by atoms with Crippen LogP contribution in [0.2, 0.25) is 0 Å². The van der Waals surface area contributed by atoms with Crippen molar-refractivity contribution in [3.63, 3.8) is 0 Å². The molecule has 0 aliphatic heterocycles. The van der Waals surface area contributed by atoms with Crippen LogP contribution in [0.25, 0.3) is 0 Å². The first kappa shape index (κ1) is 9.00. The van der Waals surface area contributed by atoms with Crippen molar-refractivity contribution in [2.24, 2.45) is 7.05 Å². The number of aromatic nitrogens is 1. The molecular formula is C9H14N2O. The number of aryl methyl sites for hydroxylation is 1. The Morgan fingerprint density at radius 3 is 2.58 bits per heavy atom. The molecule has 0 aliphatic rings. The van der Waals surface area contributed by atoms with Crippen LogP contribution in [0, 0.1) is 0 Å². The van der Waals surface area contributed by atoms with Gasteiger partial charge >= 0.3 is 0 Å². The minimum Gasteiger partial charge on any atom is -0.318 e. The number of pyridine rings is 1. The van der Waals surface area contributed by atoms with Crippen LogP contribution in [0.15, 0.2) is 23.1 Å². The summed E-state index contributed by atoms with van der Waals surface area (Å²) in [7, 11) is 5.78. The second-order valence-corrected chi connectivity index (χ2v) is 3.22. The summed E-state index contributed by atoms with van der Waals surface area (Å²) < 4.78 is 1.60. The van der Waals surface area contributed by atoms with Gasteiger partial charge in [0.05, 0.1) is 0 Å². The monoisotopic (exact) mass is 166 g/mol. The standard InChI is InChI=1S/C9H14N2O/c1-10(2)6-8-4-5-9(12)11(3)7-8/h4-5,7H,6H2,1-3H3. The molecule has 0 aromatic carbocycles. The zero-order valence-corrected chi connectivity index (χ0v) is 7.74. The lowest BCUT2D eigenvalue weighted by atomic mass is 10.3. The molecule has 0 saturated heterocycles. The maximum absolute atomic E-state index is 11.0. The van der Waals surface area contributed by atoms with Gasteiger partial charge in [-0.3, -0.25) is 4.79 Å². The first-order chi connectivity index (χ1) is 5.59. The summed E-state index contributed by atoms with van der Waals surface area (Å²) in [6.45, 7) is 0.869. The minimum absolute atomic E-state index is 0.0394. The third-order valence-corrected chi connectivity index (χ3v) is 1.65. The number of hydrogen-bond acceptors (Lipinski definition) is 2. The van der Waals surface area contributed by atoms with Gasteiger partial charge in [-0.15, -0.1) is 0 Å². The minimum atomic E-state index is 0.0394. The Morgan fingerprint density at radius 1 is 1.42 bits per heavy atom. The van der Waals surface area contributed by atoms with Crippen LogP contribution in [0.1, 0.15) is 5.56 Å². The lowest BCUT2D eigenvalue weighted by Crippen LogP contribution is -2.17. The molecule has 3 nitrogen and oxygen atoms in total. The lowest BCUT2D eigenvalue weighted by Gasteiger charge is -2.09. The van der Waals surface area contributed by atoms with Crippen molar-refractivity contribution < 1.29 is 0 Å². The van der Waals surface area contributed by atoms with Crippen LogP contribution in [-0.2, 0) is 13.6 Å². The van der Waals surface area contributed by atoms with Gasteiger partial charge in [0.2, 0.25) is 5.56 Å². The maximum Gasteiger partial charge on any atom is 0.250 e. The van der Waals surface area contributed by atoms with Gasteiger partial charge < -0.3 is 9.47 Å². The van der Waals surface area contributed by atoms with Crippen LogP contribution < -0.4 is 5.56 Å². The van der Waals surface area contributed by atoms with Crippen molar-refractivity contribution in [3.8, 4) is 0 Å². The molecule has 1 aromatic heterocycles. The molecule has 3 heteroatoms. The van der Waals surface area contributed by atoms with Gasteiger partial charge in [0.15, 0.2) is 0 Å². The van der Waals surface area contributed by atoms with Gasteiger partial charge in [-0.25, -0.2) is 0 Å². The van der Waals surface area contributed by atoms with Crippen molar-refractivity contribution >= 4 is 0 Å². The highest BCUT2D eigenvalue weighted by Crippen LogP contribution is 1.97. The Morgan fingerprint density at radius 2 is 2.08 bits per heavy atom. The van der Waals surface area contributed by atoms with E-state index in [4.69, 9.17) is 0 Å². The highest BCUT2D eigenvalue weighted by Gasteiger charge is 1.95. The molecule has 0 N–H and O–H groups in total. The summed E-state index contributed by atoms with van der Waals surface area (Å²) >= 11 is 0. The van der Waals surface area contributed by atoms with Crippen molar-refractivity contribution in [2.75, 3.05) is 14.1 Å². The molecule has 0 spiro atoms. The van der Waals surface area contributed by atoms with E-state index in [0.29, 0.717) is 0 Å². The molecule has 0 aliphatic carbocycles. The van der Waals surface area contributed by atoms with E-state index in [-0.39, 0.29) is 5.56 Å². The van der Waals surface area contributed by atoms with E-state index >= 15 is 0 Å². The fourth-order valence-corrected chi connectivity index (χ4v) is 1.11. The van der Waals surface area contributed by atoms with Crippen LogP contribution >= 0.6 is 0 Å². The second-order valence-electron chi connectivity index (χ2n) is 3.22. The normalized spacial score (nSPS) is 10.7. The zero-order valence-electron chi connectivity index (χ0n) is 7.74. The third kappa shape index (κ3) is 2.20. The van der Waals surface area contributed by atoms with Crippen molar-refractivity contribution in [1.29, 1.82) is 0 Å². The van der Waals surface area contributed by atoms with E-state index in [1.165, 1.54) is 0 Å². The van der Waals surface area contributed by atoms with E-state index in [1.54, 1.807) is 17.7 Å². The Bertz CT molecular complexity index is 315. The maximum atomic E-state index is 11.0. The van der Waals surface area contributed by atoms with E-state index in [0.717, 1.165) is 12.1 Å². The topological polar surface area (TPSA) is 25.2 Å². The average molecular weight is 166 g/mol. The average Bonchev–Trinajstić information content (AvgIpc) is 1.96. The summed E-state index contributed by atoms with van der Waals surface area (Å²) in [5.41, 5.74) is 1.19. The van der Waals surface area contributed by atoms with E-state index < -0.39 is 0 Å². The predicted octanol–water partition coefficient (Wildman–Crippen LogP) is 0.447. The van der Waals surface area contributed by atoms with Crippen molar-refractivity contribution in [1.82, 2.24) is 9.47 Å². The van der Waals surface area contributed by atoms with Gasteiger partial charge in [0, 0.05) is 25.9 Å². The molecular weight excluding hydrogens is 152 g/mol. The van der Waals surface area contributed by atoms with Gasteiger partial charge in [-0.2, -0.15) is 0 Å². The first-order valence-corrected chi connectivity index (χ1v) is 3.90. The molecule has 1 aromatic rings. The molecule has 0 radical (unpaired) electrons. The lowest BCUT2D eigenvalue weighted by molar-refractivity contribution is 0.401. The van der Waals surface area contributed by atoms with Crippen LogP contribution in [0.5, 0.6) is 0 Å². The predicted molar refractivity (Wildman–Crippen MR) is 49.1 cm³/mol. The molecule has 0 saturated carbocycles. The molecule has 12 heavy (non-hydrogen) atoms. The molecule has 0 amide bonds. The second kappa shape index (κ2) is 3.54. The zero-order chi connectivity index (χ0) is 9.14. The van der Waals surface area contributed by atoms with E-state index in [9.17, 15) is 4.79 Å². The molecule has 1 heterocycles. The molecule has 66 valence electrons. The first-order valence-electron chi connectivity index (χ1n) is 3.90. The summed E-state index contributed by atoms with van der Waals surface area (Å²) in [6, 6.07) is 3.46. The van der Waals surface area contributed by atoms with Crippen LogP contribution in [0.4, 0.5) is 0 Å². The molecule has 0 fully saturated rings. The molecule has 0 bridgehead atoms. The number of hydrogen-bond donors (Lipinski definition) is 0. The van der Waals surface area contributed by atoms with E-state index in [1.807, 2.05) is 26.4 Å². The number of rotatable bonds is 2. The Balaban J connectivity index is 2.90. The summed E-state index contributed by atoms with van der Waals surface area (Å²) in [6.07, 6.45) is 1.86. The highest BCUT2D eigenvalue weighted by atomic mass is 16.1. The summed E-state index contributed by atoms with van der Waals surface area (Å²) in [4.78, 5) is 13.1. The fraction of sp³-hybridized carbons (Fsp3) is 0.444. The van der Waals surface area contributed by atoms with Crippen molar-refractivity contribution in [2.45, 2.75) is 6.54 Å². The number of nitrogens with zero attached hydrogens (tertiary/aromatic N) is 2. The fourth-order valence-electron chi connectivity index (χ4n) is 1.11. The quantitative estimate of drug-likeness (QED) is 0.637. The largest absolute Gasteiger partial charge is 0.318 e. The van der Waals surface area contributed by atoms with Crippen molar-refractivity contribution in [3.05, 3.63) is 34.2 Å². The Labute approximate surface area is 72.2 Å². The van der Waals surface area contributed by atoms with E-state index in [2.05, 4.69) is 4.90 Å². The van der Waals surface area contributed by atoms with Crippen LogP contribution in [0.3, 0.4) is 0 Å². The van der Waals surface area contributed by atoms with Gasteiger partial charge in [0.25, 0.3) is 0 Å². The molecule has 0 unspecified atom stereocenters. The smallest absolute Gasteiger partial charge is 0.250 e. The van der Waals surface area contributed by atoms with Gasteiger partial charge in [0.1, 0.15) is 0 Å². The third-order valence-electron chi connectivity index (χ3n) is 1.65. The Kier molecular flexibility index (Phi) is 2.65. The summed E-state index contributed by atoms with van der Waals surface area (Å²) in [5, 5.41) is 0.